The second kappa shape index (κ2) is 7.90. The maximum absolute atomic E-state index is 12.1. The van der Waals surface area contributed by atoms with E-state index in [1.54, 1.807) is 47.3 Å². The predicted molar refractivity (Wildman–Crippen MR) is 93.6 cm³/mol. The van der Waals surface area contributed by atoms with Gasteiger partial charge < -0.3 is 14.5 Å². The number of rotatable bonds is 7. The van der Waals surface area contributed by atoms with Gasteiger partial charge in [0.1, 0.15) is 18.1 Å². The Hall–Kier alpha value is -2.73. The van der Waals surface area contributed by atoms with E-state index in [0.29, 0.717) is 23.1 Å². The van der Waals surface area contributed by atoms with Crippen molar-refractivity contribution in [1.82, 2.24) is 15.1 Å². The van der Waals surface area contributed by atoms with Crippen LogP contribution in [0.3, 0.4) is 0 Å². The highest BCUT2D eigenvalue weighted by Gasteiger charge is 2.11. The number of benzene rings is 1. The van der Waals surface area contributed by atoms with Crippen molar-refractivity contribution in [3.05, 3.63) is 70.9 Å². The maximum atomic E-state index is 12.1. The van der Waals surface area contributed by atoms with Crippen LogP contribution in [0.5, 0.6) is 5.75 Å². The van der Waals surface area contributed by atoms with Gasteiger partial charge in [-0.15, -0.1) is 0 Å². The van der Waals surface area contributed by atoms with Gasteiger partial charge in [-0.2, -0.15) is 5.10 Å². The van der Waals surface area contributed by atoms with E-state index in [0.717, 1.165) is 12.1 Å². The minimum absolute atomic E-state index is 0.234. The van der Waals surface area contributed by atoms with Crippen molar-refractivity contribution in [1.29, 1.82) is 0 Å². The van der Waals surface area contributed by atoms with Gasteiger partial charge in [-0.1, -0.05) is 11.6 Å². The third kappa shape index (κ3) is 4.64. The first kappa shape index (κ1) is 17.1. The molecule has 6 nitrogen and oxygen atoms in total. The summed E-state index contributed by atoms with van der Waals surface area (Å²) in [6, 6.07) is 10.4. The number of nitrogens with zero attached hydrogens (tertiary/aromatic N) is 2. The van der Waals surface area contributed by atoms with Crippen molar-refractivity contribution >= 4 is 17.5 Å². The highest BCUT2D eigenvalue weighted by Crippen LogP contribution is 2.17. The van der Waals surface area contributed by atoms with E-state index < -0.39 is 0 Å². The third-order valence-electron chi connectivity index (χ3n) is 3.54. The molecule has 0 aliphatic heterocycles. The number of ether oxygens (including phenoxy) is 1. The Morgan fingerprint density at radius 3 is 2.80 bits per heavy atom. The molecule has 0 saturated carbocycles. The number of carbonyl (C=O) groups is 1. The first-order valence-corrected chi connectivity index (χ1v) is 8.28. The average molecular weight is 360 g/mol. The quantitative estimate of drug-likeness (QED) is 0.699. The molecule has 0 saturated heterocycles. The van der Waals surface area contributed by atoms with Crippen LogP contribution in [0.2, 0.25) is 5.02 Å². The smallest absolute Gasteiger partial charge is 0.287 e. The number of carbonyl (C=O) groups excluding carboxylic acids is 1. The molecule has 7 heteroatoms. The van der Waals surface area contributed by atoms with Crippen molar-refractivity contribution in [2.75, 3.05) is 0 Å². The largest absolute Gasteiger partial charge is 0.486 e. The Morgan fingerprint density at radius 2 is 2.08 bits per heavy atom. The van der Waals surface area contributed by atoms with Crippen molar-refractivity contribution in [3.63, 3.8) is 0 Å². The van der Waals surface area contributed by atoms with Crippen LogP contribution in [0.25, 0.3) is 0 Å². The number of furan rings is 1. The van der Waals surface area contributed by atoms with Crippen LogP contribution in [0, 0.1) is 0 Å². The summed E-state index contributed by atoms with van der Waals surface area (Å²) in [5.74, 6) is 1.22. The third-order valence-corrected chi connectivity index (χ3v) is 3.80. The summed E-state index contributed by atoms with van der Waals surface area (Å²) in [5.41, 5.74) is 0.938. The lowest BCUT2D eigenvalue weighted by Crippen LogP contribution is -2.22. The predicted octanol–water partition coefficient (Wildman–Crippen LogP) is 3.66. The highest BCUT2D eigenvalue weighted by atomic mass is 35.5. The van der Waals surface area contributed by atoms with Gasteiger partial charge in [0.15, 0.2) is 5.76 Å². The lowest BCUT2D eigenvalue weighted by molar-refractivity contribution is 0.0919. The van der Waals surface area contributed by atoms with Gasteiger partial charge in [-0.25, -0.2) is 0 Å². The highest BCUT2D eigenvalue weighted by molar-refractivity contribution is 6.30. The van der Waals surface area contributed by atoms with E-state index >= 15 is 0 Å². The molecule has 3 rings (SSSR count). The van der Waals surface area contributed by atoms with Gasteiger partial charge in [0.05, 0.1) is 6.20 Å². The number of hydrogen-bond acceptors (Lipinski definition) is 4. The molecule has 25 heavy (non-hydrogen) atoms. The van der Waals surface area contributed by atoms with Gasteiger partial charge in [-0.3, -0.25) is 9.48 Å². The zero-order chi connectivity index (χ0) is 17.6. The monoisotopic (exact) mass is 359 g/mol. The fourth-order valence-electron chi connectivity index (χ4n) is 2.20. The van der Waals surface area contributed by atoms with Crippen LogP contribution in [0.1, 0.15) is 28.8 Å². The Bertz CT molecular complexity index is 839. The van der Waals surface area contributed by atoms with E-state index in [2.05, 4.69) is 10.4 Å². The van der Waals surface area contributed by atoms with E-state index in [9.17, 15) is 4.79 Å². The number of hydrogen-bond donors (Lipinski definition) is 1. The molecule has 1 aromatic carbocycles. The van der Waals surface area contributed by atoms with E-state index in [1.165, 1.54) is 0 Å². The van der Waals surface area contributed by atoms with Crippen molar-refractivity contribution in [3.8, 4) is 5.75 Å². The van der Waals surface area contributed by atoms with Crippen LogP contribution >= 0.6 is 11.6 Å². The Labute approximate surface area is 150 Å². The van der Waals surface area contributed by atoms with E-state index in [1.807, 2.05) is 13.1 Å². The summed E-state index contributed by atoms with van der Waals surface area (Å²) >= 11 is 5.83. The Balaban J connectivity index is 1.51. The fourth-order valence-corrected chi connectivity index (χ4v) is 2.33. The molecule has 3 aromatic rings. The molecule has 1 N–H and O–H groups in total. The van der Waals surface area contributed by atoms with E-state index in [4.69, 9.17) is 20.8 Å². The molecule has 0 spiro atoms. The number of nitrogens with one attached hydrogen (secondary N) is 1. The summed E-state index contributed by atoms with van der Waals surface area (Å²) in [6.07, 6.45) is 3.63. The molecule has 2 aromatic heterocycles. The Morgan fingerprint density at radius 1 is 1.28 bits per heavy atom. The molecule has 1 amide bonds. The maximum Gasteiger partial charge on any atom is 0.287 e. The second-order valence-corrected chi connectivity index (χ2v) is 5.83. The second-order valence-electron chi connectivity index (χ2n) is 5.40. The summed E-state index contributed by atoms with van der Waals surface area (Å²) in [5, 5.41) is 7.62. The average Bonchev–Trinajstić information content (AvgIpc) is 3.28. The number of halogens is 1. The zero-order valence-corrected chi connectivity index (χ0v) is 14.5. The molecule has 0 unspecified atom stereocenters. The molecule has 130 valence electrons. The minimum atomic E-state index is -0.276. The molecule has 0 fully saturated rings. The van der Waals surface area contributed by atoms with Gasteiger partial charge in [0, 0.05) is 29.9 Å². The fraction of sp³-hybridized carbons (Fsp3) is 0.222. The lowest BCUT2D eigenvalue weighted by atomic mass is 10.3. The topological polar surface area (TPSA) is 69.3 Å². The van der Waals surface area contributed by atoms with Crippen molar-refractivity contribution < 1.29 is 13.9 Å². The Kier molecular flexibility index (Phi) is 5.40. The molecule has 0 aliphatic carbocycles. The van der Waals surface area contributed by atoms with Gasteiger partial charge in [-0.05, 0) is 43.3 Å². The SMILES string of the molecule is CCn1cc(CNC(=O)c2ccc(COc3ccc(Cl)cc3)o2)cn1. The molecule has 0 aliphatic rings. The van der Waals surface area contributed by atoms with Gasteiger partial charge in [0.2, 0.25) is 0 Å². The molecule has 0 radical (unpaired) electrons. The first-order chi connectivity index (χ1) is 12.1. The molecule has 0 bridgehead atoms. The summed E-state index contributed by atoms with van der Waals surface area (Å²) in [6.45, 7) is 3.43. The number of amides is 1. The summed E-state index contributed by atoms with van der Waals surface area (Å²) in [7, 11) is 0. The molecular formula is C18H18ClN3O3. The molecule has 0 atom stereocenters. The summed E-state index contributed by atoms with van der Waals surface area (Å²) < 4.78 is 12.9. The van der Waals surface area contributed by atoms with Crippen LogP contribution in [0.15, 0.2) is 53.2 Å². The van der Waals surface area contributed by atoms with Crippen LogP contribution in [-0.2, 0) is 19.7 Å². The molecule has 2 heterocycles. The summed E-state index contributed by atoms with van der Waals surface area (Å²) in [4.78, 5) is 12.1. The number of aryl methyl sites for hydroxylation is 1. The van der Waals surface area contributed by atoms with Crippen LogP contribution in [-0.4, -0.2) is 15.7 Å². The van der Waals surface area contributed by atoms with Crippen LogP contribution in [0.4, 0.5) is 0 Å². The first-order valence-electron chi connectivity index (χ1n) is 7.90. The van der Waals surface area contributed by atoms with Gasteiger partial charge >= 0.3 is 0 Å². The van der Waals surface area contributed by atoms with Crippen LogP contribution < -0.4 is 10.1 Å². The lowest BCUT2D eigenvalue weighted by Gasteiger charge is -2.04. The normalized spacial score (nSPS) is 10.6. The standard InChI is InChI=1S/C18H18ClN3O3/c1-2-22-11-13(10-21-22)9-20-18(23)17-8-7-16(25-17)12-24-15-5-3-14(19)4-6-15/h3-8,10-11H,2,9,12H2,1H3,(H,20,23). The minimum Gasteiger partial charge on any atom is -0.486 e. The number of aromatic nitrogens is 2. The van der Waals surface area contributed by atoms with Gasteiger partial charge in [0.25, 0.3) is 5.91 Å². The molecular weight excluding hydrogens is 342 g/mol. The van der Waals surface area contributed by atoms with Crippen molar-refractivity contribution in [2.45, 2.75) is 26.6 Å². The zero-order valence-electron chi connectivity index (χ0n) is 13.7. The van der Waals surface area contributed by atoms with E-state index in [-0.39, 0.29) is 18.3 Å². The van der Waals surface area contributed by atoms with Crippen molar-refractivity contribution in [2.24, 2.45) is 0 Å².